The number of rotatable bonds is 10. The summed E-state index contributed by atoms with van der Waals surface area (Å²) < 4.78 is 30.2. The van der Waals surface area contributed by atoms with Crippen LogP contribution in [-0.4, -0.2) is 105 Å². The first-order chi connectivity index (χ1) is 29.8. The first kappa shape index (κ1) is 45.3. The summed E-state index contributed by atoms with van der Waals surface area (Å²) in [7, 11) is 0. The molecule has 3 aromatic rings. The zero-order valence-corrected chi connectivity index (χ0v) is 35.9. The summed E-state index contributed by atoms with van der Waals surface area (Å²) in [6.45, 7) is 8.27. The second-order valence-corrected chi connectivity index (χ2v) is 17.7. The first-order valence-electron chi connectivity index (χ1n) is 21.0. The molecule has 2 saturated carbocycles. The molecule has 7 rings (SSSR count). The minimum atomic E-state index is -2.29. The zero-order chi connectivity index (χ0) is 45.6. The number of nitrogens with one attached hydrogen (secondary N) is 1. The Kier molecular flexibility index (Phi) is 12.3. The lowest BCUT2D eigenvalue weighted by atomic mass is 9.52. The topological polar surface area (TPSA) is 221 Å². The van der Waals surface area contributed by atoms with Crippen LogP contribution in [0.4, 0.5) is 0 Å². The van der Waals surface area contributed by atoms with E-state index in [1.807, 2.05) is 0 Å². The fourth-order valence-electron chi connectivity index (χ4n) is 10.3. The van der Waals surface area contributed by atoms with Crippen LogP contribution in [0.15, 0.2) is 102 Å². The van der Waals surface area contributed by atoms with Crippen molar-refractivity contribution in [1.29, 1.82) is 0 Å². The van der Waals surface area contributed by atoms with E-state index in [2.05, 4.69) is 5.32 Å². The van der Waals surface area contributed by atoms with Gasteiger partial charge in [-0.15, -0.1) is 0 Å². The van der Waals surface area contributed by atoms with E-state index in [4.69, 9.17) is 23.7 Å². The largest absolute Gasteiger partial charge is 0.456 e. The minimum Gasteiger partial charge on any atom is -0.456 e. The minimum absolute atomic E-state index is 0.00378. The van der Waals surface area contributed by atoms with Gasteiger partial charge in [-0.05, 0) is 61.2 Å². The number of hydrogen-bond acceptors (Lipinski definition) is 14. The summed E-state index contributed by atoms with van der Waals surface area (Å²) in [6, 6.07) is 23.1. The Balaban J connectivity index is 1.37. The number of Topliss-reactive ketones (excluding diaryl/α,β-unsaturated/α-hetero) is 1. The molecule has 1 saturated heterocycles. The Morgan fingerprint density at radius 1 is 0.810 bits per heavy atom. The fourth-order valence-corrected chi connectivity index (χ4v) is 10.3. The molecule has 4 aliphatic rings. The molecule has 3 fully saturated rings. The molecule has 3 aromatic carbocycles. The number of aliphatic hydroxyl groups is 3. The van der Waals surface area contributed by atoms with E-state index in [0.717, 1.165) is 6.92 Å². The third-order valence-corrected chi connectivity index (χ3v) is 13.8. The lowest BCUT2D eigenvalue weighted by molar-refractivity contribution is -0.323. The number of ketones is 1. The van der Waals surface area contributed by atoms with Gasteiger partial charge in [-0.1, -0.05) is 80.6 Å². The van der Waals surface area contributed by atoms with E-state index < -0.39 is 119 Å². The lowest BCUT2D eigenvalue weighted by Gasteiger charge is -2.62. The van der Waals surface area contributed by atoms with Gasteiger partial charge in [-0.2, -0.15) is 0 Å². The molecule has 0 unspecified atom stereocenters. The van der Waals surface area contributed by atoms with Crippen molar-refractivity contribution in [3.8, 4) is 0 Å². The standard InChI is InChI=1S/C48H53NO14/c1-26-32(61-44(57)39(53)38(29-16-10-7-11-17-29)49-42(55)30-18-12-8-13-19-30)24-48(58)36(62-43(56)31-20-14-9-15-21-31)22-33-46(6,34(52)23-35-47(33,25-59-35)63-28(3)51)41(54)40(60-27(2)50)37(26)45(48,4)5/h7-21,32-36,38-40,52-53,58H,22-25H2,1-6H3,(H,49,55)/t32-,33-,34-,35+,36-,38-,39+,40+,46-,47+,48+/m0/s1. The SMILES string of the molecule is CC(=O)O[C@H]1C(=O)[C@@]2(C)[C@H](C[C@H](OC(=O)c3ccccc3)[C@]3(O)C[C@H](OC(=O)[C@H](O)[C@@H](NC(=O)c4ccccc4)c4ccccc4)C(C)=C1C3(C)C)[C@]1(OC(C)=O)CO[C@@H]1C[C@@H]2O. The zero-order valence-electron chi connectivity index (χ0n) is 35.9. The Labute approximate surface area is 364 Å². The van der Waals surface area contributed by atoms with Crippen molar-refractivity contribution in [2.24, 2.45) is 16.7 Å². The van der Waals surface area contributed by atoms with E-state index in [1.54, 1.807) is 92.7 Å². The summed E-state index contributed by atoms with van der Waals surface area (Å²) >= 11 is 0. The van der Waals surface area contributed by atoms with E-state index in [0.29, 0.717) is 5.56 Å². The van der Waals surface area contributed by atoms with Crippen LogP contribution in [0.2, 0.25) is 0 Å². The highest BCUT2D eigenvalue weighted by Crippen LogP contribution is 2.62. The monoisotopic (exact) mass is 867 g/mol. The van der Waals surface area contributed by atoms with Gasteiger partial charge in [-0.3, -0.25) is 19.2 Å². The molecule has 11 atom stereocenters. The smallest absolute Gasteiger partial charge is 0.338 e. The number of aliphatic hydroxyl groups excluding tert-OH is 2. The van der Waals surface area contributed by atoms with Crippen LogP contribution in [0.5, 0.6) is 0 Å². The number of hydrogen-bond donors (Lipinski definition) is 4. The molecule has 1 aliphatic heterocycles. The highest BCUT2D eigenvalue weighted by Gasteiger charge is 2.74. The van der Waals surface area contributed by atoms with Crippen molar-refractivity contribution in [3.05, 3.63) is 119 Å². The fraction of sp³-hybridized carbons (Fsp3) is 0.458. The summed E-state index contributed by atoms with van der Waals surface area (Å²) in [5.74, 6) is -6.27. The van der Waals surface area contributed by atoms with Gasteiger partial charge in [0.25, 0.3) is 5.91 Å². The van der Waals surface area contributed by atoms with E-state index in [1.165, 1.54) is 32.9 Å². The molecule has 4 N–H and O–H groups in total. The van der Waals surface area contributed by atoms with Crippen LogP contribution >= 0.6 is 0 Å². The number of fused-ring (bicyclic) bond motifs is 5. The average Bonchev–Trinajstić information content (AvgIpc) is 3.26. The lowest BCUT2D eigenvalue weighted by Crippen LogP contribution is -2.75. The predicted octanol–water partition coefficient (Wildman–Crippen LogP) is 4.13. The summed E-state index contributed by atoms with van der Waals surface area (Å²) in [4.78, 5) is 83.3. The summed E-state index contributed by atoms with van der Waals surface area (Å²) in [5.41, 5.74) is -6.43. The van der Waals surface area contributed by atoms with Crippen molar-refractivity contribution in [2.45, 2.75) is 115 Å². The molecule has 334 valence electrons. The normalized spacial score (nSPS) is 31.7. The van der Waals surface area contributed by atoms with Gasteiger partial charge >= 0.3 is 23.9 Å². The number of benzene rings is 3. The van der Waals surface area contributed by atoms with Crippen molar-refractivity contribution < 1.29 is 67.8 Å². The predicted molar refractivity (Wildman–Crippen MR) is 222 cm³/mol. The summed E-state index contributed by atoms with van der Waals surface area (Å²) in [6.07, 6.45) is -10.3. The Bertz CT molecular complexity index is 2300. The molecule has 0 aromatic heterocycles. The van der Waals surface area contributed by atoms with Gasteiger partial charge in [0.15, 0.2) is 23.6 Å². The van der Waals surface area contributed by atoms with Gasteiger partial charge in [0.05, 0.1) is 29.7 Å². The molecule has 15 heteroatoms. The number of amides is 1. The number of carbonyl (C=O) groups is 6. The maximum absolute atomic E-state index is 15.5. The van der Waals surface area contributed by atoms with Crippen LogP contribution in [0.1, 0.15) is 93.1 Å². The Morgan fingerprint density at radius 3 is 1.95 bits per heavy atom. The van der Waals surface area contributed by atoms with Gasteiger partial charge in [0, 0.05) is 43.6 Å². The highest BCUT2D eigenvalue weighted by atomic mass is 16.6. The molecule has 1 amide bonds. The number of ether oxygens (including phenoxy) is 5. The van der Waals surface area contributed by atoms with Crippen LogP contribution in [0.3, 0.4) is 0 Å². The van der Waals surface area contributed by atoms with Gasteiger partial charge in [0.2, 0.25) is 0 Å². The van der Waals surface area contributed by atoms with Crippen molar-refractivity contribution in [1.82, 2.24) is 5.32 Å². The third kappa shape index (κ3) is 7.85. The van der Waals surface area contributed by atoms with Crippen molar-refractivity contribution >= 4 is 35.6 Å². The van der Waals surface area contributed by atoms with Gasteiger partial charge in [-0.25, -0.2) is 9.59 Å². The number of carbonyl (C=O) groups excluding carboxylic acids is 6. The average molecular weight is 868 g/mol. The third-order valence-electron chi connectivity index (χ3n) is 13.8. The van der Waals surface area contributed by atoms with Crippen LogP contribution in [-0.2, 0) is 42.9 Å². The quantitative estimate of drug-likeness (QED) is 0.128. The second kappa shape index (κ2) is 17.1. The maximum Gasteiger partial charge on any atom is 0.338 e. The second-order valence-electron chi connectivity index (χ2n) is 17.7. The maximum atomic E-state index is 15.5. The Morgan fingerprint density at radius 2 is 1.40 bits per heavy atom. The molecule has 3 aliphatic carbocycles. The van der Waals surface area contributed by atoms with Crippen LogP contribution in [0, 0.1) is 16.7 Å². The van der Waals surface area contributed by atoms with Gasteiger partial charge < -0.3 is 44.3 Å². The van der Waals surface area contributed by atoms with Crippen molar-refractivity contribution in [3.63, 3.8) is 0 Å². The highest BCUT2D eigenvalue weighted by molar-refractivity contribution is 5.96. The molecule has 0 spiro atoms. The Hall–Kier alpha value is -5.74. The molecular weight excluding hydrogens is 815 g/mol. The summed E-state index contributed by atoms with van der Waals surface area (Å²) in [5, 5.41) is 40.1. The molecule has 63 heavy (non-hydrogen) atoms. The molecule has 15 nitrogen and oxygen atoms in total. The van der Waals surface area contributed by atoms with Crippen LogP contribution in [0.25, 0.3) is 0 Å². The van der Waals surface area contributed by atoms with Crippen molar-refractivity contribution in [2.75, 3.05) is 6.61 Å². The molecule has 2 bridgehead atoms. The number of esters is 4. The van der Waals surface area contributed by atoms with Gasteiger partial charge in [0.1, 0.15) is 23.9 Å². The van der Waals surface area contributed by atoms with Crippen LogP contribution < -0.4 is 5.32 Å². The molecular formula is C48H53NO14. The molecule has 0 radical (unpaired) electrons. The first-order valence-corrected chi connectivity index (χ1v) is 21.0. The molecule has 1 heterocycles. The van der Waals surface area contributed by atoms with E-state index in [-0.39, 0.29) is 35.3 Å². The van der Waals surface area contributed by atoms with E-state index in [9.17, 15) is 39.3 Å². The van der Waals surface area contributed by atoms with E-state index >= 15 is 4.79 Å².